The highest BCUT2D eigenvalue weighted by atomic mass is 16.5. The summed E-state index contributed by atoms with van der Waals surface area (Å²) in [6.45, 7) is 7.13. The van der Waals surface area contributed by atoms with E-state index in [1.54, 1.807) is 13.0 Å². The first-order chi connectivity index (χ1) is 8.66. The fourth-order valence-electron chi connectivity index (χ4n) is 3.39. The number of hydrogen-bond donors (Lipinski definition) is 0. The van der Waals surface area contributed by atoms with Gasteiger partial charge in [0.1, 0.15) is 25.3 Å². The lowest BCUT2D eigenvalue weighted by atomic mass is 10.1. The van der Waals surface area contributed by atoms with Crippen LogP contribution >= 0.6 is 0 Å². The molecule has 4 heteroatoms. The molecule has 2 saturated heterocycles. The third kappa shape index (κ3) is 1.63. The molecule has 0 aromatic heterocycles. The van der Waals surface area contributed by atoms with Crippen LogP contribution in [0.4, 0.5) is 0 Å². The van der Waals surface area contributed by atoms with Gasteiger partial charge >= 0.3 is 5.97 Å². The molecule has 0 N–H and O–H groups in total. The second kappa shape index (κ2) is 4.21. The normalized spacial score (nSPS) is 37.7. The van der Waals surface area contributed by atoms with Crippen molar-refractivity contribution < 1.29 is 18.8 Å². The third-order valence-electron chi connectivity index (χ3n) is 4.57. The SMILES string of the molecule is C/C=C(/C)C(=O)OCC1=CC[N+]23CC[C@H](OC2)[C@@H]13. The summed E-state index contributed by atoms with van der Waals surface area (Å²) in [5.74, 6) is -0.210. The van der Waals surface area contributed by atoms with Crippen molar-refractivity contribution >= 4 is 5.97 Å². The number of allylic oxidation sites excluding steroid dienone is 1. The molecule has 0 saturated carbocycles. The van der Waals surface area contributed by atoms with Gasteiger partial charge < -0.3 is 9.47 Å². The van der Waals surface area contributed by atoms with E-state index in [0.717, 1.165) is 24.2 Å². The standard InChI is InChI=1S/C14H20NO3/c1-3-10(2)14(16)17-8-11-4-6-15-7-5-12(13(11)15)18-9-15/h3-4,12-13H,5-9H2,1-2H3/q+1/b10-3-/t12-,13+,15?/m0/s1. The Bertz CT molecular complexity index is 430. The molecular weight excluding hydrogens is 230 g/mol. The Balaban J connectivity index is 1.64. The van der Waals surface area contributed by atoms with Crippen molar-refractivity contribution in [2.24, 2.45) is 0 Å². The average Bonchev–Trinajstić information content (AvgIpc) is 3.02. The minimum Gasteiger partial charge on any atom is -0.458 e. The van der Waals surface area contributed by atoms with Crippen molar-refractivity contribution in [2.75, 3.05) is 26.4 Å². The van der Waals surface area contributed by atoms with Gasteiger partial charge in [-0.2, -0.15) is 0 Å². The number of rotatable bonds is 3. The molecule has 3 atom stereocenters. The maximum atomic E-state index is 11.6. The summed E-state index contributed by atoms with van der Waals surface area (Å²) in [5.41, 5.74) is 1.93. The van der Waals surface area contributed by atoms with Gasteiger partial charge in [-0.25, -0.2) is 4.79 Å². The second-order valence-corrected chi connectivity index (χ2v) is 5.52. The summed E-state index contributed by atoms with van der Waals surface area (Å²) in [6.07, 6.45) is 5.52. The topological polar surface area (TPSA) is 35.5 Å². The van der Waals surface area contributed by atoms with Crippen LogP contribution < -0.4 is 0 Å². The molecule has 4 nitrogen and oxygen atoms in total. The summed E-state index contributed by atoms with van der Waals surface area (Å²) >= 11 is 0. The first kappa shape index (κ1) is 11.9. The highest BCUT2D eigenvalue weighted by Gasteiger charge is 2.58. The number of hydrogen-bond acceptors (Lipinski definition) is 3. The molecule has 0 aromatic rings. The fourth-order valence-corrected chi connectivity index (χ4v) is 3.39. The van der Waals surface area contributed by atoms with Crippen molar-refractivity contribution in [2.45, 2.75) is 32.4 Å². The average molecular weight is 250 g/mol. The number of quaternary nitrogens is 1. The molecule has 18 heavy (non-hydrogen) atoms. The second-order valence-electron chi connectivity index (χ2n) is 5.52. The maximum Gasteiger partial charge on any atom is 0.333 e. The van der Waals surface area contributed by atoms with Crippen LogP contribution in [0.5, 0.6) is 0 Å². The molecular formula is C14H20NO3+. The van der Waals surface area contributed by atoms with Gasteiger partial charge in [0.05, 0.1) is 6.54 Å². The minimum atomic E-state index is -0.210. The molecule has 98 valence electrons. The summed E-state index contributed by atoms with van der Waals surface area (Å²) in [7, 11) is 0. The molecule has 3 heterocycles. The highest BCUT2D eigenvalue weighted by Crippen LogP contribution is 2.43. The van der Waals surface area contributed by atoms with E-state index in [9.17, 15) is 4.79 Å². The smallest absolute Gasteiger partial charge is 0.333 e. The van der Waals surface area contributed by atoms with Crippen LogP contribution in [0.15, 0.2) is 23.3 Å². The van der Waals surface area contributed by atoms with Crippen LogP contribution in [0, 0.1) is 0 Å². The molecule has 3 aliphatic rings. The summed E-state index contributed by atoms with van der Waals surface area (Å²) in [5, 5.41) is 0. The zero-order valence-corrected chi connectivity index (χ0v) is 11.0. The minimum absolute atomic E-state index is 0.210. The largest absolute Gasteiger partial charge is 0.458 e. The van der Waals surface area contributed by atoms with E-state index in [1.165, 1.54) is 12.1 Å². The van der Waals surface area contributed by atoms with Crippen molar-refractivity contribution in [1.29, 1.82) is 0 Å². The predicted molar refractivity (Wildman–Crippen MR) is 66.6 cm³/mol. The summed E-state index contributed by atoms with van der Waals surface area (Å²) in [4.78, 5) is 11.6. The van der Waals surface area contributed by atoms with Crippen molar-refractivity contribution in [3.05, 3.63) is 23.3 Å². The predicted octanol–water partition coefficient (Wildman–Crippen LogP) is 1.38. The third-order valence-corrected chi connectivity index (χ3v) is 4.57. The summed E-state index contributed by atoms with van der Waals surface area (Å²) < 4.78 is 12.2. The van der Waals surface area contributed by atoms with Gasteiger partial charge in [0, 0.05) is 17.6 Å². The quantitative estimate of drug-likeness (QED) is 0.328. The van der Waals surface area contributed by atoms with Gasteiger partial charge in [-0.15, -0.1) is 0 Å². The van der Waals surface area contributed by atoms with Crippen molar-refractivity contribution in [3.8, 4) is 0 Å². The highest BCUT2D eigenvalue weighted by molar-refractivity contribution is 5.87. The zero-order chi connectivity index (χ0) is 12.8. The fraction of sp³-hybridized carbons (Fsp3) is 0.643. The van der Waals surface area contributed by atoms with Crippen molar-refractivity contribution in [1.82, 2.24) is 0 Å². The van der Waals surface area contributed by atoms with Gasteiger partial charge in [-0.1, -0.05) is 6.08 Å². The molecule has 0 spiro atoms. The van der Waals surface area contributed by atoms with Crippen LogP contribution in [0.3, 0.4) is 0 Å². The van der Waals surface area contributed by atoms with E-state index >= 15 is 0 Å². The summed E-state index contributed by atoms with van der Waals surface area (Å²) in [6, 6.07) is 0.448. The van der Waals surface area contributed by atoms with E-state index in [0.29, 0.717) is 24.3 Å². The lowest BCUT2D eigenvalue weighted by molar-refractivity contribution is -0.926. The van der Waals surface area contributed by atoms with Gasteiger partial charge in [0.2, 0.25) is 0 Å². The first-order valence-corrected chi connectivity index (χ1v) is 6.62. The van der Waals surface area contributed by atoms with E-state index in [-0.39, 0.29) is 5.97 Å². The van der Waals surface area contributed by atoms with Crippen LogP contribution in [0.25, 0.3) is 0 Å². The van der Waals surface area contributed by atoms with E-state index in [1.807, 2.05) is 6.92 Å². The Labute approximate surface area is 107 Å². The van der Waals surface area contributed by atoms with Crippen molar-refractivity contribution in [3.63, 3.8) is 0 Å². The van der Waals surface area contributed by atoms with Crippen LogP contribution in [-0.2, 0) is 14.3 Å². The molecule has 2 fully saturated rings. The van der Waals surface area contributed by atoms with E-state index in [2.05, 4.69) is 6.08 Å². The number of ether oxygens (including phenoxy) is 2. The maximum absolute atomic E-state index is 11.6. The lowest BCUT2D eigenvalue weighted by Crippen LogP contribution is -2.47. The first-order valence-electron chi connectivity index (χ1n) is 6.62. The zero-order valence-electron chi connectivity index (χ0n) is 11.0. The van der Waals surface area contributed by atoms with Crippen LogP contribution in [0.1, 0.15) is 20.3 Å². The number of carbonyl (C=O) groups excluding carboxylic acids is 1. The number of carbonyl (C=O) groups is 1. The Kier molecular flexibility index (Phi) is 2.79. The van der Waals surface area contributed by atoms with E-state index < -0.39 is 0 Å². The van der Waals surface area contributed by atoms with Gasteiger partial charge in [-0.3, -0.25) is 4.48 Å². The van der Waals surface area contributed by atoms with Gasteiger partial charge in [0.15, 0.2) is 6.73 Å². The van der Waals surface area contributed by atoms with E-state index in [4.69, 9.17) is 9.47 Å². The Hall–Kier alpha value is -1.13. The Morgan fingerprint density at radius 3 is 3.17 bits per heavy atom. The van der Waals surface area contributed by atoms with Gasteiger partial charge in [-0.05, 0) is 19.9 Å². The Morgan fingerprint density at radius 2 is 2.50 bits per heavy atom. The Morgan fingerprint density at radius 1 is 1.67 bits per heavy atom. The molecule has 0 amide bonds. The molecule has 0 radical (unpaired) electrons. The van der Waals surface area contributed by atoms with Crippen LogP contribution in [-0.4, -0.2) is 49.0 Å². The molecule has 0 aromatic carbocycles. The van der Waals surface area contributed by atoms with Crippen LogP contribution in [0.2, 0.25) is 0 Å². The number of esters is 1. The molecule has 0 aliphatic carbocycles. The molecule has 3 aliphatic heterocycles. The number of nitrogens with zero attached hydrogens (tertiary/aromatic N) is 1. The lowest BCUT2D eigenvalue weighted by Gasteiger charge is -2.29. The molecule has 1 unspecified atom stereocenters. The van der Waals surface area contributed by atoms with Gasteiger partial charge in [0.25, 0.3) is 0 Å². The molecule has 2 bridgehead atoms. The monoisotopic (exact) mass is 250 g/mol. The molecule has 3 rings (SSSR count).